The summed E-state index contributed by atoms with van der Waals surface area (Å²) >= 11 is 0. The highest BCUT2D eigenvalue weighted by Crippen LogP contribution is 2.45. The second-order valence-corrected chi connectivity index (χ2v) is 6.44. The second-order valence-electron chi connectivity index (χ2n) is 4.55. The van der Waals surface area contributed by atoms with E-state index in [1.165, 1.54) is 0 Å². The van der Waals surface area contributed by atoms with Gasteiger partial charge >= 0.3 is 19.5 Å². The van der Waals surface area contributed by atoms with Crippen LogP contribution in [-0.2, 0) is 25.3 Å². The monoisotopic (exact) mass is 316 g/mol. The van der Waals surface area contributed by atoms with Crippen LogP contribution in [0.5, 0.6) is 0 Å². The fourth-order valence-electron chi connectivity index (χ4n) is 1.67. The van der Waals surface area contributed by atoms with E-state index in [9.17, 15) is 19.0 Å². The van der Waals surface area contributed by atoms with E-state index in [0.717, 1.165) is 0 Å². The molecule has 0 aromatic heterocycles. The van der Waals surface area contributed by atoms with Crippen molar-refractivity contribution in [3.05, 3.63) is 35.9 Å². The molecule has 1 rings (SSSR count). The number of carbonyl (C=O) groups is 2. The molecule has 0 aliphatic heterocycles. The van der Waals surface area contributed by atoms with Gasteiger partial charge in [0.05, 0.1) is 18.7 Å². The maximum Gasteiger partial charge on any atom is 0.329 e. The number of hydrogen-bond donors (Lipinski definition) is 3. The third-order valence-electron chi connectivity index (χ3n) is 2.78. The molecule has 0 radical (unpaired) electrons. The number of carboxylic acids is 2. The molecule has 3 N–H and O–H groups in total. The van der Waals surface area contributed by atoms with Crippen molar-refractivity contribution in [2.75, 3.05) is 6.16 Å². The molecule has 0 spiro atoms. The summed E-state index contributed by atoms with van der Waals surface area (Å²) in [4.78, 5) is 31.1. The summed E-state index contributed by atoms with van der Waals surface area (Å²) in [5, 5.41) is 17.5. The Kier molecular flexibility index (Phi) is 6.55. The summed E-state index contributed by atoms with van der Waals surface area (Å²) in [7, 11) is -4.10. The fourth-order valence-corrected chi connectivity index (χ4v) is 3.02. The highest BCUT2D eigenvalue weighted by atomic mass is 31.2. The molecule has 2 unspecified atom stereocenters. The summed E-state index contributed by atoms with van der Waals surface area (Å²) in [6.07, 6.45) is -1.21. The Hall–Kier alpha value is -1.69. The van der Waals surface area contributed by atoms with Gasteiger partial charge in [0.25, 0.3) is 0 Å². The predicted molar refractivity (Wildman–Crippen MR) is 73.9 cm³/mol. The molecule has 0 saturated heterocycles. The van der Waals surface area contributed by atoms with Crippen molar-refractivity contribution in [1.29, 1.82) is 0 Å². The molecular formula is C13H17O7P. The Labute approximate surface area is 121 Å². The SMILES string of the molecule is O=C(O)CCC(CP(=O)(O)OCc1ccccc1)C(=O)O. The van der Waals surface area contributed by atoms with E-state index in [1.807, 2.05) is 0 Å². The topological polar surface area (TPSA) is 121 Å². The molecule has 116 valence electrons. The van der Waals surface area contributed by atoms with Crippen molar-refractivity contribution in [2.45, 2.75) is 19.4 Å². The van der Waals surface area contributed by atoms with Crippen LogP contribution in [0.1, 0.15) is 18.4 Å². The molecule has 2 atom stereocenters. The molecule has 1 aromatic rings. The third kappa shape index (κ3) is 7.04. The lowest BCUT2D eigenvalue weighted by Crippen LogP contribution is -2.20. The van der Waals surface area contributed by atoms with Crippen molar-refractivity contribution in [1.82, 2.24) is 0 Å². The first-order chi connectivity index (χ1) is 9.80. The van der Waals surface area contributed by atoms with E-state index in [0.29, 0.717) is 5.56 Å². The second kappa shape index (κ2) is 7.93. The van der Waals surface area contributed by atoms with Crippen LogP contribution in [0.2, 0.25) is 0 Å². The summed E-state index contributed by atoms with van der Waals surface area (Å²) in [5.41, 5.74) is 0.684. The first-order valence-electron chi connectivity index (χ1n) is 6.25. The average molecular weight is 316 g/mol. The van der Waals surface area contributed by atoms with Gasteiger partial charge < -0.3 is 19.6 Å². The molecule has 0 amide bonds. The average Bonchev–Trinajstić information content (AvgIpc) is 2.42. The number of rotatable bonds is 9. The number of aliphatic carboxylic acids is 2. The zero-order valence-electron chi connectivity index (χ0n) is 11.2. The Morgan fingerprint density at radius 1 is 1.19 bits per heavy atom. The normalized spacial score (nSPS) is 15.1. The van der Waals surface area contributed by atoms with Crippen LogP contribution in [-0.4, -0.2) is 33.2 Å². The van der Waals surface area contributed by atoms with Crippen molar-refractivity contribution in [2.24, 2.45) is 5.92 Å². The molecular weight excluding hydrogens is 299 g/mol. The van der Waals surface area contributed by atoms with Gasteiger partial charge in [0, 0.05) is 6.42 Å². The Morgan fingerprint density at radius 3 is 2.33 bits per heavy atom. The quantitative estimate of drug-likeness (QED) is 0.595. The largest absolute Gasteiger partial charge is 0.481 e. The summed E-state index contributed by atoms with van der Waals surface area (Å²) < 4.78 is 16.8. The minimum absolute atomic E-state index is 0.111. The number of carboxylic acid groups (broad SMARTS) is 2. The molecule has 21 heavy (non-hydrogen) atoms. The van der Waals surface area contributed by atoms with Crippen LogP contribution in [0, 0.1) is 5.92 Å². The van der Waals surface area contributed by atoms with Crippen molar-refractivity contribution >= 4 is 19.5 Å². The van der Waals surface area contributed by atoms with Gasteiger partial charge in [-0.3, -0.25) is 14.2 Å². The zero-order chi connectivity index (χ0) is 15.9. The smallest absolute Gasteiger partial charge is 0.329 e. The molecule has 0 fully saturated rings. The van der Waals surface area contributed by atoms with Crippen LogP contribution >= 0.6 is 7.60 Å². The summed E-state index contributed by atoms with van der Waals surface area (Å²) in [6.45, 7) is -0.111. The minimum Gasteiger partial charge on any atom is -0.481 e. The molecule has 0 aliphatic carbocycles. The van der Waals surface area contributed by atoms with Crippen molar-refractivity contribution in [3.8, 4) is 0 Å². The van der Waals surface area contributed by atoms with Gasteiger partial charge in [-0.25, -0.2) is 0 Å². The van der Waals surface area contributed by atoms with Gasteiger partial charge in [-0.15, -0.1) is 0 Å². The van der Waals surface area contributed by atoms with Gasteiger partial charge in [0.1, 0.15) is 0 Å². The summed E-state index contributed by atoms with van der Waals surface area (Å²) in [6, 6.07) is 8.69. The van der Waals surface area contributed by atoms with E-state index >= 15 is 0 Å². The molecule has 8 heteroatoms. The maximum atomic E-state index is 11.9. The lowest BCUT2D eigenvalue weighted by Gasteiger charge is -2.16. The van der Waals surface area contributed by atoms with Gasteiger partial charge in [-0.2, -0.15) is 0 Å². The van der Waals surface area contributed by atoms with Crippen molar-refractivity contribution < 1.29 is 33.8 Å². The van der Waals surface area contributed by atoms with Gasteiger partial charge in [-0.1, -0.05) is 30.3 Å². The molecule has 0 saturated carbocycles. The lowest BCUT2D eigenvalue weighted by atomic mass is 10.1. The van der Waals surface area contributed by atoms with E-state index < -0.39 is 31.6 Å². The first kappa shape index (κ1) is 17.4. The van der Waals surface area contributed by atoms with Crippen LogP contribution in [0.3, 0.4) is 0 Å². The number of hydrogen-bond acceptors (Lipinski definition) is 4. The Balaban J connectivity index is 2.57. The zero-order valence-corrected chi connectivity index (χ0v) is 12.1. The van der Waals surface area contributed by atoms with Gasteiger partial charge in [-0.05, 0) is 12.0 Å². The number of benzene rings is 1. The van der Waals surface area contributed by atoms with Crippen molar-refractivity contribution in [3.63, 3.8) is 0 Å². The van der Waals surface area contributed by atoms with E-state index in [-0.39, 0.29) is 19.4 Å². The molecule has 0 aliphatic rings. The third-order valence-corrected chi connectivity index (χ3v) is 4.22. The molecule has 1 aromatic carbocycles. The van der Waals surface area contributed by atoms with Crippen LogP contribution in [0.4, 0.5) is 0 Å². The van der Waals surface area contributed by atoms with Crippen LogP contribution < -0.4 is 0 Å². The minimum atomic E-state index is -4.10. The Morgan fingerprint density at radius 2 is 1.81 bits per heavy atom. The molecule has 0 heterocycles. The van der Waals surface area contributed by atoms with E-state index in [4.69, 9.17) is 14.7 Å². The predicted octanol–water partition coefficient (Wildman–Crippen LogP) is 1.95. The highest BCUT2D eigenvalue weighted by molar-refractivity contribution is 7.52. The standard InChI is InChI=1S/C13H17O7P/c14-12(15)7-6-11(13(16)17)9-21(18,19)20-8-10-4-2-1-3-5-10/h1-5,11H,6-9H2,(H,14,15)(H,16,17)(H,18,19). The lowest BCUT2D eigenvalue weighted by molar-refractivity contribution is -0.142. The van der Waals surface area contributed by atoms with E-state index in [1.54, 1.807) is 30.3 Å². The maximum absolute atomic E-state index is 11.9. The fraction of sp³-hybridized carbons (Fsp3) is 0.385. The first-order valence-corrected chi connectivity index (χ1v) is 8.01. The molecule has 7 nitrogen and oxygen atoms in total. The van der Waals surface area contributed by atoms with Gasteiger partial charge in [0.15, 0.2) is 0 Å². The molecule has 0 bridgehead atoms. The Bertz CT molecular complexity index is 529. The highest BCUT2D eigenvalue weighted by Gasteiger charge is 2.30. The summed E-state index contributed by atoms with van der Waals surface area (Å²) in [5.74, 6) is -3.69. The van der Waals surface area contributed by atoms with Gasteiger partial charge in [0.2, 0.25) is 0 Å². The van der Waals surface area contributed by atoms with E-state index in [2.05, 4.69) is 0 Å². The van der Waals surface area contributed by atoms with Crippen LogP contribution in [0.25, 0.3) is 0 Å². The van der Waals surface area contributed by atoms with Crippen LogP contribution in [0.15, 0.2) is 30.3 Å².